The SMILES string of the molecule is C=CCOc1ccc([C@@H]2Nc3ccccc3C(=O)N2c2ccc(N3CCOCC3)cc2)cc1. The van der Waals surface area contributed by atoms with E-state index in [1.165, 1.54) is 0 Å². The number of benzene rings is 3. The molecule has 0 aromatic heterocycles. The predicted octanol–water partition coefficient (Wildman–Crippen LogP) is 4.86. The number of morpholine rings is 1. The number of ether oxygens (including phenoxy) is 2. The Balaban J connectivity index is 1.48. The molecule has 5 rings (SSSR count). The summed E-state index contributed by atoms with van der Waals surface area (Å²) in [6, 6.07) is 23.7. The molecule has 1 atom stereocenters. The standard InChI is InChI=1S/C27H27N3O3/c1-2-17-33-23-13-7-20(8-14-23)26-28-25-6-4-3-5-24(25)27(31)30(26)22-11-9-21(10-12-22)29-15-18-32-19-16-29/h2-14,26,28H,1,15-19H2/t26-/m1/s1. The molecule has 0 aliphatic carbocycles. The van der Waals surface area contributed by atoms with Gasteiger partial charge in [0.15, 0.2) is 0 Å². The molecule has 0 bridgehead atoms. The Morgan fingerprint density at radius 1 is 0.970 bits per heavy atom. The number of rotatable bonds is 6. The molecule has 33 heavy (non-hydrogen) atoms. The van der Waals surface area contributed by atoms with Crippen LogP contribution in [0.4, 0.5) is 17.1 Å². The molecule has 6 nitrogen and oxygen atoms in total. The van der Waals surface area contributed by atoms with Crippen molar-refractivity contribution in [2.45, 2.75) is 6.17 Å². The quantitative estimate of drug-likeness (QED) is 0.554. The van der Waals surface area contributed by atoms with E-state index in [4.69, 9.17) is 9.47 Å². The Hall–Kier alpha value is -3.77. The second kappa shape index (κ2) is 9.38. The van der Waals surface area contributed by atoms with Gasteiger partial charge < -0.3 is 19.7 Å². The summed E-state index contributed by atoms with van der Waals surface area (Å²) < 4.78 is 11.1. The third-order valence-electron chi connectivity index (χ3n) is 5.99. The number of amides is 1. The van der Waals surface area contributed by atoms with Crippen LogP contribution < -0.4 is 19.9 Å². The molecule has 1 saturated heterocycles. The zero-order valence-electron chi connectivity index (χ0n) is 18.4. The van der Waals surface area contributed by atoms with E-state index in [9.17, 15) is 4.79 Å². The minimum atomic E-state index is -0.338. The first kappa shape index (κ1) is 21.1. The summed E-state index contributed by atoms with van der Waals surface area (Å²) in [5, 5.41) is 3.55. The summed E-state index contributed by atoms with van der Waals surface area (Å²) >= 11 is 0. The predicted molar refractivity (Wildman–Crippen MR) is 131 cm³/mol. The molecule has 0 radical (unpaired) electrons. The second-order valence-corrected chi connectivity index (χ2v) is 8.05. The van der Waals surface area contributed by atoms with Gasteiger partial charge in [-0.3, -0.25) is 9.69 Å². The molecule has 0 spiro atoms. The average Bonchev–Trinajstić information content (AvgIpc) is 2.88. The van der Waals surface area contributed by atoms with Crippen LogP contribution in [0.15, 0.2) is 85.5 Å². The third-order valence-corrected chi connectivity index (χ3v) is 5.99. The first-order valence-corrected chi connectivity index (χ1v) is 11.2. The molecule has 2 aliphatic rings. The third kappa shape index (κ3) is 4.30. The minimum Gasteiger partial charge on any atom is -0.490 e. The van der Waals surface area contributed by atoms with Crippen molar-refractivity contribution in [2.75, 3.05) is 48.0 Å². The smallest absolute Gasteiger partial charge is 0.262 e. The molecule has 2 aliphatic heterocycles. The number of carbonyl (C=O) groups excluding carboxylic acids is 1. The van der Waals surface area contributed by atoms with E-state index >= 15 is 0 Å². The summed E-state index contributed by atoms with van der Waals surface area (Å²) in [5.41, 5.74) is 4.45. The molecule has 3 aromatic carbocycles. The second-order valence-electron chi connectivity index (χ2n) is 8.05. The first-order chi connectivity index (χ1) is 16.2. The van der Waals surface area contributed by atoms with Crippen LogP contribution in [-0.2, 0) is 4.74 Å². The summed E-state index contributed by atoms with van der Waals surface area (Å²) in [4.78, 5) is 17.7. The molecular formula is C27H27N3O3. The van der Waals surface area contributed by atoms with Gasteiger partial charge in [0.05, 0.1) is 18.8 Å². The van der Waals surface area contributed by atoms with Gasteiger partial charge in [0, 0.05) is 30.2 Å². The van der Waals surface area contributed by atoms with Crippen molar-refractivity contribution in [3.63, 3.8) is 0 Å². The molecule has 1 fully saturated rings. The summed E-state index contributed by atoms with van der Waals surface area (Å²) in [5.74, 6) is 0.739. The number of nitrogens with one attached hydrogen (secondary N) is 1. The Labute approximate surface area is 194 Å². The highest BCUT2D eigenvalue weighted by molar-refractivity contribution is 6.12. The molecule has 0 saturated carbocycles. The van der Waals surface area contributed by atoms with E-state index in [0.717, 1.165) is 54.7 Å². The van der Waals surface area contributed by atoms with Crippen LogP contribution in [0.2, 0.25) is 0 Å². The van der Waals surface area contributed by atoms with Crippen LogP contribution >= 0.6 is 0 Å². The van der Waals surface area contributed by atoms with Gasteiger partial charge in [0.2, 0.25) is 0 Å². The van der Waals surface area contributed by atoms with Gasteiger partial charge in [-0.15, -0.1) is 0 Å². The Kier molecular flexibility index (Phi) is 6.00. The van der Waals surface area contributed by atoms with E-state index in [1.807, 2.05) is 65.6 Å². The monoisotopic (exact) mass is 441 g/mol. The number of hydrogen-bond acceptors (Lipinski definition) is 5. The van der Waals surface area contributed by atoms with E-state index in [-0.39, 0.29) is 12.1 Å². The van der Waals surface area contributed by atoms with Crippen molar-refractivity contribution in [2.24, 2.45) is 0 Å². The van der Waals surface area contributed by atoms with Gasteiger partial charge in [-0.2, -0.15) is 0 Å². The first-order valence-electron chi connectivity index (χ1n) is 11.2. The zero-order valence-corrected chi connectivity index (χ0v) is 18.4. The molecular weight excluding hydrogens is 414 g/mol. The highest BCUT2D eigenvalue weighted by Crippen LogP contribution is 2.37. The Morgan fingerprint density at radius 3 is 2.39 bits per heavy atom. The molecule has 0 unspecified atom stereocenters. The highest BCUT2D eigenvalue weighted by Gasteiger charge is 2.34. The lowest BCUT2D eigenvalue weighted by Gasteiger charge is -2.38. The highest BCUT2D eigenvalue weighted by atomic mass is 16.5. The van der Waals surface area contributed by atoms with E-state index in [1.54, 1.807) is 6.08 Å². The number of para-hydroxylation sites is 1. The Morgan fingerprint density at radius 2 is 1.67 bits per heavy atom. The number of nitrogens with zero attached hydrogens (tertiary/aromatic N) is 2. The molecule has 1 amide bonds. The molecule has 2 heterocycles. The summed E-state index contributed by atoms with van der Waals surface area (Å²) in [7, 11) is 0. The van der Waals surface area contributed by atoms with Gasteiger partial charge in [-0.1, -0.05) is 36.9 Å². The van der Waals surface area contributed by atoms with Gasteiger partial charge in [0.25, 0.3) is 5.91 Å². The molecule has 6 heteroatoms. The van der Waals surface area contributed by atoms with E-state index < -0.39 is 0 Å². The Bertz CT molecular complexity index is 1120. The maximum absolute atomic E-state index is 13.6. The molecule has 3 aromatic rings. The van der Waals surface area contributed by atoms with Gasteiger partial charge in [-0.25, -0.2) is 0 Å². The zero-order chi connectivity index (χ0) is 22.6. The van der Waals surface area contributed by atoms with Crippen molar-refractivity contribution in [1.29, 1.82) is 0 Å². The van der Waals surface area contributed by atoms with Crippen LogP contribution in [0.25, 0.3) is 0 Å². The average molecular weight is 442 g/mol. The maximum Gasteiger partial charge on any atom is 0.262 e. The van der Waals surface area contributed by atoms with E-state index in [2.05, 4.69) is 28.9 Å². The maximum atomic E-state index is 13.6. The van der Waals surface area contributed by atoms with Gasteiger partial charge in [0.1, 0.15) is 18.5 Å². The number of carbonyl (C=O) groups is 1. The minimum absolute atomic E-state index is 0.0274. The lowest BCUT2D eigenvalue weighted by molar-refractivity contribution is 0.0975. The fourth-order valence-corrected chi connectivity index (χ4v) is 4.30. The summed E-state index contributed by atoms with van der Waals surface area (Å²) in [6.07, 6.45) is 1.38. The number of hydrogen-bond donors (Lipinski definition) is 1. The van der Waals surface area contributed by atoms with Crippen LogP contribution in [-0.4, -0.2) is 38.8 Å². The van der Waals surface area contributed by atoms with Gasteiger partial charge >= 0.3 is 0 Å². The van der Waals surface area contributed by atoms with Crippen molar-refractivity contribution < 1.29 is 14.3 Å². The van der Waals surface area contributed by atoms with Crippen LogP contribution in [0, 0.1) is 0 Å². The van der Waals surface area contributed by atoms with Crippen molar-refractivity contribution in [3.8, 4) is 5.75 Å². The fraction of sp³-hybridized carbons (Fsp3) is 0.222. The molecule has 168 valence electrons. The van der Waals surface area contributed by atoms with Crippen LogP contribution in [0.5, 0.6) is 5.75 Å². The van der Waals surface area contributed by atoms with Gasteiger partial charge in [-0.05, 0) is 54.1 Å². The van der Waals surface area contributed by atoms with Crippen molar-refractivity contribution >= 4 is 23.0 Å². The summed E-state index contributed by atoms with van der Waals surface area (Å²) in [6.45, 7) is 7.37. The van der Waals surface area contributed by atoms with Crippen molar-refractivity contribution in [3.05, 3.63) is 96.6 Å². The van der Waals surface area contributed by atoms with Crippen LogP contribution in [0.1, 0.15) is 22.1 Å². The van der Waals surface area contributed by atoms with E-state index in [0.29, 0.717) is 12.2 Å². The molecule has 1 N–H and O–H groups in total. The fourth-order valence-electron chi connectivity index (χ4n) is 4.30. The lowest BCUT2D eigenvalue weighted by atomic mass is 10.0. The largest absolute Gasteiger partial charge is 0.490 e. The van der Waals surface area contributed by atoms with Crippen molar-refractivity contribution in [1.82, 2.24) is 0 Å². The topological polar surface area (TPSA) is 54.0 Å². The normalized spacial score (nSPS) is 17.8. The van der Waals surface area contributed by atoms with Crippen LogP contribution in [0.3, 0.4) is 0 Å². The number of anilines is 3. The lowest BCUT2D eigenvalue weighted by Crippen LogP contribution is -2.43. The number of fused-ring (bicyclic) bond motifs is 1.